The SMILES string of the molecule is CC(C)CNCc1ccc(N(C)C2CCC2)c(F)c1. The molecular formula is C16H25FN2. The Hall–Kier alpha value is -1.09. The normalized spacial score (nSPS) is 15.6. The minimum atomic E-state index is -0.0988. The second kappa shape index (κ2) is 6.38. The zero-order chi connectivity index (χ0) is 13.8. The molecule has 1 aromatic carbocycles. The first-order valence-corrected chi connectivity index (χ1v) is 7.30. The van der Waals surface area contributed by atoms with Crippen LogP contribution in [-0.2, 0) is 6.54 Å². The van der Waals surface area contributed by atoms with Crippen LogP contribution in [-0.4, -0.2) is 19.6 Å². The first-order chi connectivity index (χ1) is 9.08. The lowest BCUT2D eigenvalue weighted by Gasteiger charge is -2.36. The lowest BCUT2D eigenvalue weighted by molar-refractivity contribution is 0.398. The molecular weight excluding hydrogens is 239 g/mol. The molecule has 1 saturated carbocycles. The fourth-order valence-corrected chi connectivity index (χ4v) is 2.42. The molecule has 3 heteroatoms. The number of nitrogens with zero attached hydrogens (tertiary/aromatic N) is 1. The predicted octanol–water partition coefficient (Wildman–Crippen LogP) is 3.56. The maximum atomic E-state index is 14.1. The number of benzene rings is 1. The maximum absolute atomic E-state index is 14.1. The molecule has 19 heavy (non-hydrogen) atoms. The van der Waals surface area contributed by atoms with Gasteiger partial charge >= 0.3 is 0 Å². The van der Waals surface area contributed by atoms with Gasteiger partial charge in [-0.3, -0.25) is 0 Å². The molecule has 0 bridgehead atoms. The minimum Gasteiger partial charge on any atom is -0.369 e. The molecule has 0 radical (unpaired) electrons. The standard InChI is InChI=1S/C16H25FN2/c1-12(2)10-18-11-13-7-8-16(15(17)9-13)19(3)14-5-4-6-14/h7-9,12,14,18H,4-6,10-11H2,1-3H3. The van der Waals surface area contributed by atoms with Crippen molar-refractivity contribution >= 4 is 5.69 Å². The second-order valence-corrected chi connectivity index (χ2v) is 6.01. The van der Waals surface area contributed by atoms with Crippen molar-refractivity contribution in [1.82, 2.24) is 5.32 Å². The third-order valence-corrected chi connectivity index (χ3v) is 3.90. The van der Waals surface area contributed by atoms with Crippen LogP contribution in [0.1, 0.15) is 38.7 Å². The van der Waals surface area contributed by atoms with E-state index in [1.807, 2.05) is 19.2 Å². The van der Waals surface area contributed by atoms with Gasteiger partial charge in [-0.1, -0.05) is 19.9 Å². The van der Waals surface area contributed by atoms with Crippen LogP contribution in [0.3, 0.4) is 0 Å². The molecule has 1 fully saturated rings. The molecule has 0 spiro atoms. The minimum absolute atomic E-state index is 0.0988. The highest BCUT2D eigenvalue weighted by Gasteiger charge is 2.23. The van der Waals surface area contributed by atoms with Gasteiger partial charge in [-0.05, 0) is 49.4 Å². The third kappa shape index (κ3) is 3.69. The van der Waals surface area contributed by atoms with E-state index in [0.29, 0.717) is 12.0 Å². The van der Waals surface area contributed by atoms with Gasteiger partial charge in [0.15, 0.2) is 0 Å². The third-order valence-electron chi connectivity index (χ3n) is 3.90. The van der Waals surface area contributed by atoms with Gasteiger partial charge < -0.3 is 10.2 Å². The fraction of sp³-hybridized carbons (Fsp3) is 0.625. The molecule has 0 aromatic heterocycles. The average Bonchev–Trinajstić information content (AvgIpc) is 2.26. The molecule has 2 nitrogen and oxygen atoms in total. The number of halogens is 1. The molecule has 0 amide bonds. The van der Waals surface area contributed by atoms with Crippen LogP contribution in [0.15, 0.2) is 18.2 Å². The van der Waals surface area contributed by atoms with Gasteiger partial charge in [0.25, 0.3) is 0 Å². The second-order valence-electron chi connectivity index (χ2n) is 6.01. The zero-order valence-corrected chi connectivity index (χ0v) is 12.2. The Kier molecular flexibility index (Phi) is 4.81. The maximum Gasteiger partial charge on any atom is 0.146 e. The topological polar surface area (TPSA) is 15.3 Å². The summed E-state index contributed by atoms with van der Waals surface area (Å²) in [6, 6.07) is 6.14. The Morgan fingerprint density at radius 2 is 2.11 bits per heavy atom. The van der Waals surface area contributed by atoms with Crippen LogP contribution in [0.4, 0.5) is 10.1 Å². The van der Waals surface area contributed by atoms with Crippen LogP contribution in [0.25, 0.3) is 0 Å². The van der Waals surface area contributed by atoms with E-state index >= 15 is 0 Å². The predicted molar refractivity (Wildman–Crippen MR) is 79.0 cm³/mol. The van der Waals surface area contributed by atoms with E-state index in [9.17, 15) is 4.39 Å². The van der Waals surface area contributed by atoms with Gasteiger partial charge in [0.2, 0.25) is 0 Å². The van der Waals surface area contributed by atoms with Crippen molar-refractivity contribution in [3.05, 3.63) is 29.6 Å². The van der Waals surface area contributed by atoms with Crippen molar-refractivity contribution in [2.45, 2.75) is 45.7 Å². The summed E-state index contributed by atoms with van der Waals surface area (Å²) in [4.78, 5) is 2.09. The number of hydrogen-bond acceptors (Lipinski definition) is 2. The van der Waals surface area contributed by atoms with E-state index in [4.69, 9.17) is 0 Å². The monoisotopic (exact) mass is 264 g/mol. The molecule has 1 aliphatic carbocycles. The summed E-state index contributed by atoms with van der Waals surface area (Å²) in [6.07, 6.45) is 3.65. The molecule has 0 aliphatic heterocycles. The molecule has 0 heterocycles. The summed E-state index contributed by atoms with van der Waals surface area (Å²) in [5.41, 5.74) is 1.75. The van der Waals surface area contributed by atoms with Crippen molar-refractivity contribution in [1.29, 1.82) is 0 Å². The Labute approximate surface area is 116 Å². The summed E-state index contributed by atoms with van der Waals surface area (Å²) >= 11 is 0. The van der Waals surface area contributed by atoms with Gasteiger partial charge in [0.05, 0.1) is 5.69 Å². The highest BCUT2D eigenvalue weighted by atomic mass is 19.1. The zero-order valence-electron chi connectivity index (χ0n) is 12.2. The summed E-state index contributed by atoms with van der Waals surface area (Å²) in [5.74, 6) is 0.520. The van der Waals surface area contributed by atoms with Crippen molar-refractivity contribution in [2.24, 2.45) is 5.92 Å². The smallest absolute Gasteiger partial charge is 0.146 e. The van der Waals surface area contributed by atoms with Crippen molar-refractivity contribution in [2.75, 3.05) is 18.5 Å². The summed E-state index contributed by atoms with van der Waals surface area (Å²) < 4.78 is 14.1. The molecule has 2 rings (SSSR count). The summed E-state index contributed by atoms with van der Waals surface area (Å²) in [6.45, 7) is 6.04. The van der Waals surface area contributed by atoms with Crippen LogP contribution in [0.5, 0.6) is 0 Å². The quantitative estimate of drug-likeness (QED) is 0.845. The highest BCUT2D eigenvalue weighted by Crippen LogP contribution is 2.30. The largest absolute Gasteiger partial charge is 0.369 e. The van der Waals surface area contributed by atoms with Crippen LogP contribution in [0.2, 0.25) is 0 Å². The molecule has 1 N–H and O–H groups in total. The molecule has 1 aliphatic rings. The molecule has 0 atom stereocenters. The van der Waals surface area contributed by atoms with Gasteiger partial charge in [-0.25, -0.2) is 4.39 Å². The first-order valence-electron chi connectivity index (χ1n) is 7.30. The van der Waals surface area contributed by atoms with Crippen LogP contribution in [0, 0.1) is 11.7 Å². The number of nitrogens with one attached hydrogen (secondary N) is 1. The van der Waals surface area contributed by atoms with Gasteiger partial charge in [-0.15, -0.1) is 0 Å². The fourth-order valence-electron chi connectivity index (χ4n) is 2.42. The van der Waals surface area contributed by atoms with E-state index in [-0.39, 0.29) is 5.82 Å². The van der Waals surface area contributed by atoms with Gasteiger partial charge in [0, 0.05) is 19.6 Å². The van der Waals surface area contributed by atoms with E-state index < -0.39 is 0 Å². The van der Waals surface area contributed by atoms with E-state index in [1.54, 1.807) is 6.07 Å². The lowest BCUT2D eigenvalue weighted by atomic mass is 9.91. The van der Waals surface area contributed by atoms with Crippen molar-refractivity contribution in [3.63, 3.8) is 0 Å². The van der Waals surface area contributed by atoms with E-state index in [0.717, 1.165) is 24.3 Å². The first kappa shape index (κ1) is 14.3. The molecule has 0 unspecified atom stereocenters. The Morgan fingerprint density at radius 3 is 2.63 bits per heavy atom. The summed E-state index contributed by atoms with van der Waals surface area (Å²) in [7, 11) is 2.00. The molecule has 106 valence electrons. The van der Waals surface area contributed by atoms with Crippen LogP contribution >= 0.6 is 0 Å². The van der Waals surface area contributed by atoms with Gasteiger partial charge in [0.1, 0.15) is 5.82 Å². The van der Waals surface area contributed by atoms with Crippen molar-refractivity contribution in [3.8, 4) is 0 Å². The lowest BCUT2D eigenvalue weighted by Crippen LogP contribution is -2.37. The van der Waals surface area contributed by atoms with Gasteiger partial charge in [-0.2, -0.15) is 0 Å². The van der Waals surface area contributed by atoms with E-state index in [2.05, 4.69) is 24.1 Å². The number of anilines is 1. The Balaban J connectivity index is 1.96. The number of hydrogen-bond donors (Lipinski definition) is 1. The van der Waals surface area contributed by atoms with Crippen LogP contribution < -0.4 is 10.2 Å². The highest BCUT2D eigenvalue weighted by molar-refractivity contribution is 5.49. The molecule has 1 aromatic rings. The van der Waals surface area contributed by atoms with E-state index in [1.165, 1.54) is 19.3 Å². The average molecular weight is 264 g/mol. The van der Waals surface area contributed by atoms with Crippen molar-refractivity contribution < 1.29 is 4.39 Å². The number of rotatable bonds is 6. The Bertz CT molecular complexity index is 413. The Morgan fingerprint density at radius 1 is 1.37 bits per heavy atom. The summed E-state index contributed by atoms with van der Waals surface area (Å²) in [5, 5.41) is 3.34. The molecule has 0 saturated heterocycles.